The van der Waals surface area contributed by atoms with Gasteiger partial charge in [-0.25, -0.2) is 0 Å². The zero-order valence-electron chi connectivity index (χ0n) is 11.9. The van der Waals surface area contributed by atoms with E-state index in [1.54, 1.807) is 19.4 Å². The highest BCUT2D eigenvalue weighted by molar-refractivity contribution is 8.14. The van der Waals surface area contributed by atoms with Crippen LogP contribution in [0.15, 0.2) is 35.2 Å². The van der Waals surface area contributed by atoms with Crippen molar-refractivity contribution in [2.45, 2.75) is 38.0 Å². The SMILES string of the molecule is C=C(C[C@@H](NC(=O)SC(C)(C)C)c1ccco1)OC. The van der Waals surface area contributed by atoms with Gasteiger partial charge in [0.05, 0.1) is 25.2 Å². The molecule has 0 bridgehead atoms. The molecule has 1 aromatic rings. The molecule has 0 radical (unpaired) electrons. The van der Waals surface area contributed by atoms with Gasteiger partial charge in [0.2, 0.25) is 0 Å². The maximum atomic E-state index is 12.0. The summed E-state index contributed by atoms with van der Waals surface area (Å²) in [4.78, 5) is 12.0. The monoisotopic (exact) mass is 283 g/mol. The quantitative estimate of drug-likeness (QED) is 0.826. The van der Waals surface area contributed by atoms with Gasteiger partial charge in [0.15, 0.2) is 0 Å². The second-order valence-corrected chi connectivity index (χ2v) is 6.96. The molecule has 106 valence electrons. The topological polar surface area (TPSA) is 51.5 Å². The van der Waals surface area contributed by atoms with Crippen molar-refractivity contribution in [3.63, 3.8) is 0 Å². The van der Waals surface area contributed by atoms with E-state index in [1.165, 1.54) is 11.8 Å². The van der Waals surface area contributed by atoms with Crippen molar-refractivity contribution in [1.29, 1.82) is 0 Å². The molecule has 1 N–H and O–H groups in total. The minimum Gasteiger partial charge on any atom is -0.502 e. The van der Waals surface area contributed by atoms with Crippen LogP contribution in [0.1, 0.15) is 39.0 Å². The number of amides is 1. The Balaban J connectivity index is 2.70. The van der Waals surface area contributed by atoms with Gasteiger partial charge in [0, 0.05) is 11.2 Å². The van der Waals surface area contributed by atoms with Crippen LogP contribution in [0.4, 0.5) is 4.79 Å². The first-order chi connectivity index (χ1) is 8.81. The van der Waals surface area contributed by atoms with Crippen LogP contribution in [0.3, 0.4) is 0 Å². The first-order valence-electron chi connectivity index (χ1n) is 6.06. The highest BCUT2D eigenvalue weighted by atomic mass is 32.2. The predicted molar refractivity (Wildman–Crippen MR) is 78.1 cm³/mol. The third-order valence-electron chi connectivity index (χ3n) is 2.30. The number of carbonyl (C=O) groups excluding carboxylic acids is 1. The van der Waals surface area contributed by atoms with Gasteiger partial charge in [-0.1, -0.05) is 39.1 Å². The molecule has 0 aromatic carbocycles. The molecule has 5 heteroatoms. The standard InChI is InChI=1S/C14H21NO3S/c1-10(17-5)9-11(12-7-6-8-18-12)15-13(16)19-14(2,3)4/h6-8,11H,1,9H2,2-5H3,(H,15,16)/t11-/m1/s1. The number of rotatable bonds is 5. The zero-order valence-corrected chi connectivity index (χ0v) is 12.7. The molecule has 0 saturated heterocycles. The number of ether oxygens (including phenoxy) is 1. The lowest BCUT2D eigenvalue weighted by atomic mass is 10.1. The Hall–Kier alpha value is -1.36. The molecular formula is C14H21NO3S. The van der Waals surface area contributed by atoms with E-state index < -0.39 is 0 Å². The smallest absolute Gasteiger partial charge is 0.280 e. The molecule has 0 aliphatic rings. The van der Waals surface area contributed by atoms with Gasteiger partial charge in [0.1, 0.15) is 5.76 Å². The minimum atomic E-state index is -0.259. The van der Waals surface area contributed by atoms with Gasteiger partial charge in [0.25, 0.3) is 5.24 Å². The summed E-state index contributed by atoms with van der Waals surface area (Å²) in [6, 6.07) is 3.36. The van der Waals surface area contributed by atoms with Crippen LogP contribution >= 0.6 is 11.8 Å². The lowest BCUT2D eigenvalue weighted by Crippen LogP contribution is -2.28. The molecule has 0 saturated carbocycles. The largest absolute Gasteiger partial charge is 0.502 e. The van der Waals surface area contributed by atoms with Crippen molar-refractivity contribution < 1.29 is 13.9 Å². The zero-order chi connectivity index (χ0) is 14.5. The summed E-state index contributed by atoms with van der Waals surface area (Å²) in [5.41, 5.74) is 0. The van der Waals surface area contributed by atoms with Crippen LogP contribution in [0.25, 0.3) is 0 Å². The fourth-order valence-electron chi connectivity index (χ4n) is 1.47. The fraction of sp³-hybridized carbons (Fsp3) is 0.500. The molecule has 0 unspecified atom stereocenters. The number of nitrogens with one attached hydrogen (secondary N) is 1. The molecule has 4 nitrogen and oxygen atoms in total. The van der Waals surface area contributed by atoms with E-state index in [9.17, 15) is 4.79 Å². The Bertz CT molecular complexity index is 420. The third-order valence-corrected chi connectivity index (χ3v) is 3.21. The molecule has 0 aliphatic heterocycles. The summed E-state index contributed by atoms with van der Waals surface area (Å²) in [7, 11) is 1.56. The molecule has 19 heavy (non-hydrogen) atoms. The van der Waals surface area contributed by atoms with Gasteiger partial charge in [-0.05, 0) is 12.1 Å². The third kappa shape index (κ3) is 5.87. The molecular weight excluding hydrogens is 262 g/mol. The van der Waals surface area contributed by atoms with E-state index in [0.29, 0.717) is 17.9 Å². The maximum absolute atomic E-state index is 12.0. The lowest BCUT2D eigenvalue weighted by Gasteiger charge is -2.21. The summed E-state index contributed by atoms with van der Waals surface area (Å²) < 4.78 is 10.3. The number of hydrogen-bond donors (Lipinski definition) is 1. The fourth-order valence-corrected chi connectivity index (χ4v) is 2.23. The van der Waals surface area contributed by atoms with Gasteiger partial charge in [-0.2, -0.15) is 0 Å². The summed E-state index contributed by atoms with van der Waals surface area (Å²) in [5, 5.41) is 2.85. The molecule has 0 aliphatic carbocycles. The summed E-state index contributed by atoms with van der Waals surface area (Å²) in [6.45, 7) is 9.76. The molecule has 1 rings (SSSR count). The van der Waals surface area contributed by atoms with Crippen LogP contribution in [-0.2, 0) is 4.74 Å². The van der Waals surface area contributed by atoms with Crippen LogP contribution in [-0.4, -0.2) is 17.1 Å². The second-order valence-electron chi connectivity index (χ2n) is 5.16. The normalized spacial score (nSPS) is 12.8. The van der Waals surface area contributed by atoms with Gasteiger partial charge in [-0.15, -0.1) is 0 Å². The van der Waals surface area contributed by atoms with Gasteiger partial charge in [-0.3, -0.25) is 4.79 Å². The Labute approximate surface area is 118 Å². The maximum Gasteiger partial charge on any atom is 0.280 e. The van der Waals surface area contributed by atoms with E-state index in [2.05, 4.69) is 11.9 Å². The molecule has 1 heterocycles. The molecule has 1 aromatic heterocycles. The van der Waals surface area contributed by atoms with E-state index in [4.69, 9.17) is 9.15 Å². The number of hydrogen-bond acceptors (Lipinski definition) is 4. The van der Waals surface area contributed by atoms with Crippen LogP contribution in [0.2, 0.25) is 0 Å². The first-order valence-corrected chi connectivity index (χ1v) is 6.88. The number of carbonyl (C=O) groups is 1. The van der Waals surface area contributed by atoms with E-state index in [1.807, 2.05) is 26.8 Å². The minimum absolute atomic E-state index is 0.0854. The number of furan rings is 1. The second kappa shape index (κ2) is 6.70. The van der Waals surface area contributed by atoms with Crippen LogP contribution in [0.5, 0.6) is 0 Å². The average Bonchev–Trinajstić information content (AvgIpc) is 2.78. The highest BCUT2D eigenvalue weighted by Crippen LogP contribution is 2.27. The van der Waals surface area contributed by atoms with E-state index in [0.717, 1.165) is 0 Å². The van der Waals surface area contributed by atoms with Crippen molar-refractivity contribution >= 4 is 17.0 Å². The predicted octanol–water partition coefficient (Wildman–Crippen LogP) is 4.11. The highest BCUT2D eigenvalue weighted by Gasteiger charge is 2.22. The molecule has 0 fully saturated rings. The van der Waals surface area contributed by atoms with Crippen molar-refractivity contribution in [2.24, 2.45) is 0 Å². The van der Waals surface area contributed by atoms with Gasteiger partial charge >= 0.3 is 0 Å². The van der Waals surface area contributed by atoms with Gasteiger partial charge < -0.3 is 14.5 Å². The number of thioether (sulfide) groups is 1. The van der Waals surface area contributed by atoms with Crippen molar-refractivity contribution in [3.8, 4) is 0 Å². The van der Waals surface area contributed by atoms with E-state index >= 15 is 0 Å². The first kappa shape index (κ1) is 15.7. The summed E-state index contributed by atoms with van der Waals surface area (Å²) in [6.07, 6.45) is 2.07. The lowest BCUT2D eigenvalue weighted by molar-refractivity contribution is 0.244. The van der Waals surface area contributed by atoms with Crippen LogP contribution in [0, 0.1) is 0 Å². The summed E-state index contributed by atoms with van der Waals surface area (Å²) in [5.74, 6) is 1.29. The molecule has 0 spiro atoms. The van der Waals surface area contributed by atoms with E-state index in [-0.39, 0.29) is 16.0 Å². The van der Waals surface area contributed by atoms with Crippen LogP contribution < -0.4 is 5.32 Å². The molecule has 1 atom stereocenters. The Morgan fingerprint density at radius 3 is 2.74 bits per heavy atom. The summed E-state index contributed by atoms with van der Waals surface area (Å²) >= 11 is 1.25. The Kier molecular flexibility index (Phi) is 5.54. The van der Waals surface area contributed by atoms with Crippen molar-refractivity contribution in [2.75, 3.05) is 7.11 Å². The Morgan fingerprint density at radius 2 is 2.26 bits per heavy atom. The Morgan fingerprint density at radius 1 is 1.58 bits per heavy atom. The van der Waals surface area contributed by atoms with Crippen molar-refractivity contribution in [1.82, 2.24) is 5.32 Å². The molecule has 1 amide bonds. The number of methoxy groups -OCH3 is 1. The average molecular weight is 283 g/mol. The van der Waals surface area contributed by atoms with Crippen molar-refractivity contribution in [3.05, 3.63) is 36.5 Å².